The number of fused-ring (bicyclic) bond motifs is 5. The molecule has 5 aliphatic rings. The zero-order valence-electron chi connectivity index (χ0n) is 79.5. The van der Waals surface area contributed by atoms with E-state index in [-0.39, 0.29) is 116 Å². The van der Waals surface area contributed by atoms with Crippen LogP contribution in [0.5, 0.6) is 0 Å². The average molecular weight is 1980 g/mol. The molecule has 23 atom stereocenters. The second kappa shape index (κ2) is 63.1. The Hall–Kier alpha value is -8.15. The number of hydrogen-bond donors (Lipinski definition) is 24. The molecule has 2 aromatic carbocycles. The average Bonchev–Trinajstić information content (AvgIpc) is 1.61. The lowest BCUT2D eigenvalue weighted by Crippen LogP contribution is -2.59. The predicted octanol–water partition coefficient (Wildman–Crippen LogP) is -2.74. The summed E-state index contributed by atoms with van der Waals surface area (Å²) in [5, 5.41) is 193. The highest BCUT2D eigenvalue weighted by Gasteiger charge is 2.48. The molecule has 0 saturated carbocycles. The summed E-state index contributed by atoms with van der Waals surface area (Å²) in [6.45, 7) is 1.50. The van der Waals surface area contributed by atoms with Crippen molar-refractivity contribution in [1.82, 2.24) is 57.5 Å². The summed E-state index contributed by atoms with van der Waals surface area (Å²) in [4.78, 5) is 128. The highest BCUT2D eigenvalue weighted by atomic mass is 16.7. The number of aliphatic hydroxyl groups is 16. The van der Waals surface area contributed by atoms with Crippen LogP contribution in [0.3, 0.4) is 0 Å². The van der Waals surface area contributed by atoms with Crippen molar-refractivity contribution in [3.05, 3.63) is 54.1 Å². The molecule has 24 N–H and O–H groups in total. The molecule has 0 spiro atoms. The van der Waals surface area contributed by atoms with Crippen LogP contribution in [0, 0.1) is 0 Å². The van der Waals surface area contributed by atoms with Crippen LogP contribution < -0.4 is 47.4 Å². The molecular formula is C94H152N12O33. The lowest BCUT2D eigenvalue weighted by atomic mass is 9.95. The molecule has 0 aliphatic carbocycles. The Morgan fingerprint density at radius 3 is 1.08 bits per heavy atom. The summed E-state index contributed by atoms with van der Waals surface area (Å²) in [6, 6.07) is 11.0. The molecule has 4 fully saturated rings. The minimum atomic E-state index is -1.64. The topological polar surface area (TPSA) is 681 Å². The quantitative estimate of drug-likeness (QED) is 0.0255. The first-order chi connectivity index (χ1) is 67.0. The summed E-state index contributed by atoms with van der Waals surface area (Å²) >= 11 is 0. The van der Waals surface area contributed by atoms with Gasteiger partial charge in [-0.1, -0.05) is 132 Å². The lowest BCUT2D eigenvalue weighted by molar-refractivity contribution is -0.301. The molecule has 0 bridgehead atoms. The van der Waals surface area contributed by atoms with Crippen LogP contribution in [0.1, 0.15) is 218 Å². The van der Waals surface area contributed by atoms with Crippen LogP contribution in [0.25, 0.3) is 22.5 Å². The predicted molar refractivity (Wildman–Crippen MR) is 495 cm³/mol. The Kier molecular flexibility index (Phi) is 52.7. The number of aliphatic hydroxyl groups excluding tert-OH is 16. The number of unbranched alkanes of at least 4 members (excludes halogenated alkanes) is 17. The molecule has 9 amide bonds. The minimum Gasteiger partial charge on any atom is -0.394 e. The molecule has 3 unspecified atom stereocenters. The van der Waals surface area contributed by atoms with Crippen molar-refractivity contribution >= 4 is 58.9 Å². The molecule has 5 aliphatic heterocycles. The van der Waals surface area contributed by atoms with Gasteiger partial charge in [0.25, 0.3) is 0 Å². The molecule has 3 aromatic rings. The van der Waals surface area contributed by atoms with Crippen molar-refractivity contribution in [3.63, 3.8) is 0 Å². The fraction of sp³-hybridized carbons (Fsp3) is 0.755. The van der Waals surface area contributed by atoms with Crippen LogP contribution in [0.2, 0.25) is 0 Å². The molecule has 6 heterocycles. The van der Waals surface area contributed by atoms with Gasteiger partial charge in [-0.15, -0.1) is 5.10 Å². The Labute approximate surface area is 809 Å². The van der Waals surface area contributed by atoms with Gasteiger partial charge in [0.15, 0.2) is 25.2 Å². The SMILES string of the molecule is CCCCCCNC(=O)CCC(=O)N1Cc2ccccc2-c2nnn(CCCCCC(=O)NC(CCC(=O)NC(CCC(=O)NC(CCC(=O)NCCCCCCO[C@H]3O[C@H](CO)[C@@H](O)[C@H](O)[C@@H]3O)C(=O)NCCCCCCO[C@H]3O[C@H](CO)[C@@H](O)[C@H](O)[C@@H]3O)C(=O)NCCCCCCO[C@H]3O[C@H](CO)[C@@H](O)[C@H](O)[C@@H]3O)C(=O)NCCCCCCO[C@H]3O[C@H](CO)[C@@H](O)[C@H](O)[C@@H]3O)c2-c2ccccc21. The summed E-state index contributed by atoms with van der Waals surface area (Å²) in [5.41, 5.74) is 4.19. The monoisotopic (exact) mass is 1980 g/mol. The second-order valence-electron chi connectivity index (χ2n) is 36.0. The van der Waals surface area contributed by atoms with E-state index in [1.165, 1.54) is 0 Å². The van der Waals surface area contributed by atoms with Crippen LogP contribution in [-0.2, 0) is 94.1 Å². The maximum Gasteiger partial charge on any atom is 0.242 e. The third kappa shape index (κ3) is 37.5. The number of hydrogen-bond acceptors (Lipinski definition) is 35. The molecular weight excluding hydrogens is 1830 g/mol. The maximum absolute atomic E-state index is 14.4. The first-order valence-corrected chi connectivity index (χ1v) is 49.4. The van der Waals surface area contributed by atoms with E-state index in [0.717, 1.165) is 36.8 Å². The van der Waals surface area contributed by atoms with Crippen molar-refractivity contribution in [2.24, 2.45) is 0 Å². The zero-order valence-corrected chi connectivity index (χ0v) is 79.5. The van der Waals surface area contributed by atoms with Crippen LogP contribution in [-0.4, -0.2) is 376 Å². The number of benzene rings is 2. The van der Waals surface area contributed by atoms with Gasteiger partial charge in [-0.25, -0.2) is 4.68 Å². The van der Waals surface area contributed by atoms with Crippen molar-refractivity contribution in [2.75, 3.05) is 90.5 Å². The number of anilines is 1. The number of para-hydroxylation sites is 1. The Morgan fingerprint density at radius 1 is 0.360 bits per heavy atom. The number of nitrogens with zero attached hydrogens (tertiary/aromatic N) is 4. The van der Waals surface area contributed by atoms with E-state index in [9.17, 15) is 125 Å². The Balaban J connectivity index is 0.910. The van der Waals surface area contributed by atoms with Gasteiger partial charge in [0, 0.05) is 115 Å². The van der Waals surface area contributed by atoms with Crippen molar-refractivity contribution in [2.45, 2.75) is 366 Å². The van der Waals surface area contributed by atoms with Gasteiger partial charge < -0.3 is 167 Å². The summed E-state index contributed by atoms with van der Waals surface area (Å²) in [7, 11) is 0. The van der Waals surface area contributed by atoms with Gasteiger partial charge >= 0.3 is 0 Å². The highest BCUT2D eigenvalue weighted by molar-refractivity contribution is 6.01. The van der Waals surface area contributed by atoms with E-state index in [4.69, 9.17) is 37.9 Å². The standard InChI is InChI=1S/C94H152N12O33/c1-2-3-4-19-42-96-69(112)40-41-73(116)105-52-57-29-15-16-30-58(57)74-75(59-31-17-18-32-63(59)105)106(104-103-74)47-24-13-14-33-70(113)100-61(89(130)98-45-22-7-11-27-50-134-93-86(127)82(123)78(119)66(55-109)138-93)35-38-72(115)102-62(90(131)99-46-23-8-12-28-51-135-94-87(128)83(124)79(120)67(56-110)139-94)36-39-71(114)101-60(88(129)97-44-21-6-10-26-49-133-92-85(126)81(122)77(118)65(54-108)137-92)34-37-68(111)95-43-20-5-9-25-48-132-91-84(125)80(121)76(117)64(53-107)136-91/h15-18,29-32,60-62,64-67,76-87,91-94,107-110,117-128H,2-14,19-28,33-56H2,1H3,(H,95,111)(H,96,112)(H,97,129)(H,98,130)(H,99,131)(H,100,113)(H,101,114)(H,102,115)/t60?,61?,62?,64-,65-,66-,67-,76-,77-,78-,79-,80+,81+,82+,83+,84+,85+,86+,87+,91+,92+,93+,94+/m1/s1. The van der Waals surface area contributed by atoms with Gasteiger partial charge in [-0.2, -0.15) is 0 Å². The summed E-state index contributed by atoms with van der Waals surface area (Å²) in [5.74, 6) is -4.92. The van der Waals surface area contributed by atoms with E-state index in [2.05, 4.69) is 59.8 Å². The van der Waals surface area contributed by atoms with E-state index < -0.39 is 222 Å². The van der Waals surface area contributed by atoms with Gasteiger partial charge in [0.2, 0.25) is 53.2 Å². The zero-order chi connectivity index (χ0) is 101. The van der Waals surface area contributed by atoms with E-state index in [0.29, 0.717) is 158 Å². The Bertz CT molecular complexity index is 4140. The number of aryl methyl sites for hydroxylation is 1. The van der Waals surface area contributed by atoms with Crippen molar-refractivity contribution in [1.29, 1.82) is 0 Å². The van der Waals surface area contributed by atoms with E-state index in [1.54, 1.807) is 9.58 Å². The fourth-order valence-corrected chi connectivity index (χ4v) is 16.8. The number of carbonyl (C=O) groups excluding carboxylic acids is 9. The smallest absolute Gasteiger partial charge is 0.242 e. The van der Waals surface area contributed by atoms with Crippen molar-refractivity contribution < 1.29 is 163 Å². The van der Waals surface area contributed by atoms with Gasteiger partial charge in [-0.3, -0.25) is 43.2 Å². The molecule has 786 valence electrons. The first-order valence-electron chi connectivity index (χ1n) is 49.4. The second-order valence-corrected chi connectivity index (χ2v) is 36.0. The van der Waals surface area contributed by atoms with E-state index >= 15 is 0 Å². The minimum absolute atomic E-state index is 0.0153. The summed E-state index contributed by atoms with van der Waals surface area (Å²) in [6.07, 6.45) is -17.6. The molecule has 0 radical (unpaired) electrons. The molecule has 45 nitrogen and oxygen atoms in total. The van der Waals surface area contributed by atoms with Crippen LogP contribution >= 0.6 is 0 Å². The normalized spacial score (nSPS) is 25.7. The fourth-order valence-electron chi connectivity index (χ4n) is 16.8. The number of rotatable bonds is 65. The lowest BCUT2D eigenvalue weighted by Gasteiger charge is -2.39. The molecule has 4 saturated heterocycles. The first kappa shape index (κ1) is 116. The van der Waals surface area contributed by atoms with E-state index in [1.807, 2.05) is 48.5 Å². The maximum atomic E-state index is 14.4. The third-order valence-electron chi connectivity index (χ3n) is 25.2. The molecule has 1 aromatic heterocycles. The van der Waals surface area contributed by atoms with Gasteiger partial charge in [0.05, 0.1) is 44.4 Å². The van der Waals surface area contributed by atoms with Gasteiger partial charge in [-0.05, 0) is 102 Å². The number of carbonyl (C=O) groups is 9. The van der Waals surface area contributed by atoms with Crippen LogP contribution in [0.15, 0.2) is 48.5 Å². The number of aromatic nitrogens is 3. The third-order valence-corrected chi connectivity index (χ3v) is 25.2. The number of amides is 9. The number of nitrogens with one attached hydrogen (secondary N) is 8. The summed E-state index contributed by atoms with van der Waals surface area (Å²) < 4.78 is 45.9. The Morgan fingerprint density at radius 2 is 0.691 bits per heavy atom. The largest absolute Gasteiger partial charge is 0.394 e. The van der Waals surface area contributed by atoms with Crippen molar-refractivity contribution in [3.8, 4) is 22.5 Å². The highest BCUT2D eigenvalue weighted by Crippen LogP contribution is 2.42. The number of ether oxygens (including phenoxy) is 8. The van der Waals surface area contributed by atoms with Gasteiger partial charge in [0.1, 0.15) is 121 Å². The van der Waals surface area contributed by atoms with Crippen LogP contribution in [0.4, 0.5) is 5.69 Å². The molecule has 45 heteroatoms. The molecule has 8 rings (SSSR count). The molecule has 139 heavy (non-hydrogen) atoms.